The summed E-state index contributed by atoms with van der Waals surface area (Å²) < 4.78 is 17.1. The third-order valence-corrected chi connectivity index (χ3v) is 4.79. The van der Waals surface area contributed by atoms with Gasteiger partial charge in [0.05, 0.1) is 21.3 Å². The molecule has 0 fully saturated rings. The monoisotopic (exact) mass is 388 g/mol. The number of amides is 2. The second-order valence-electron chi connectivity index (χ2n) is 5.52. The molecule has 8 heteroatoms. The molecule has 0 aliphatic heterocycles. The van der Waals surface area contributed by atoms with E-state index in [9.17, 15) is 18.6 Å². The van der Waals surface area contributed by atoms with Gasteiger partial charge in [0, 0.05) is 24.1 Å². The van der Waals surface area contributed by atoms with Gasteiger partial charge in [-0.25, -0.2) is 4.79 Å². The predicted molar refractivity (Wildman–Crippen MR) is 103 cm³/mol. The average Bonchev–Trinajstić information content (AvgIpc) is 2.65. The van der Waals surface area contributed by atoms with Gasteiger partial charge in [0.2, 0.25) is 5.91 Å². The Hall–Kier alpha value is -3.00. The fourth-order valence-electron chi connectivity index (χ4n) is 2.27. The molecule has 2 aromatic rings. The molecule has 2 rings (SSSR count). The van der Waals surface area contributed by atoms with Crippen LogP contribution in [0.4, 0.5) is 11.4 Å². The molecule has 1 atom stereocenters. The van der Waals surface area contributed by atoms with Crippen molar-refractivity contribution in [2.45, 2.75) is 18.7 Å². The van der Waals surface area contributed by atoms with Crippen molar-refractivity contribution in [2.24, 2.45) is 0 Å². The van der Waals surface area contributed by atoms with Crippen molar-refractivity contribution >= 4 is 40.0 Å². The topological polar surface area (TPSA) is 102 Å². The molecule has 0 aliphatic carbocycles. The fraction of sp³-hybridized carbons (Fsp3) is 0.211. The molecule has 2 amide bonds. The van der Waals surface area contributed by atoms with E-state index >= 15 is 0 Å². The quantitative estimate of drug-likeness (QED) is 0.710. The minimum absolute atomic E-state index is 0.179. The maximum Gasteiger partial charge on any atom is 0.339 e. The number of anilines is 2. The summed E-state index contributed by atoms with van der Waals surface area (Å²) in [4.78, 5) is 35.7. The number of esters is 1. The zero-order valence-corrected chi connectivity index (χ0v) is 15.8. The molecule has 0 radical (unpaired) electrons. The lowest BCUT2D eigenvalue weighted by molar-refractivity contribution is -0.119. The highest BCUT2D eigenvalue weighted by Crippen LogP contribution is 2.16. The molecular formula is C19H20N2O5S. The first-order chi connectivity index (χ1) is 12.9. The van der Waals surface area contributed by atoms with E-state index in [2.05, 4.69) is 10.6 Å². The second kappa shape index (κ2) is 9.63. The third kappa shape index (κ3) is 6.03. The Bertz CT molecular complexity index is 882. The summed E-state index contributed by atoms with van der Waals surface area (Å²) in [7, 11) is -1.31. The maximum absolute atomic E-state index is 12.2. The molecule has 0 saturated carbocycles. The normalized spacial score (nSPS) is 11.3. The Labute approximate surface area is 159 Å². The summed E-state index contributed by atoms with van der Waals surface area (Å²) in [6.07, 6.45) is 0. The van der Waals surface area contributed by atoms with Crippen molar-refractivity contribution in [2.75, 3.05) is 23.0 Å². The van der Waals surface area contributed by atoms with Gasteiger partial charge < -0.3 is 15.4 Å². The maximum atomic E-state index is 12.2. The van der Waals surface area contributed by atoms with Crippen molar-refractivity contribution in [3.05, 3.63) is 54.1 Å². The molecule has 27 heavy (non-hydrogen) atoms. The van der Waals surface area contributed by atoms with Crippen molar-refractivity contribution in [3.63, 3.8) is 0 Å². The summed E-state index contributed by atoms with van der Waals surface area (Å²) in [5.74, 6) is -1.10. The van der Waals surface area contributed by atoms with Crippen LogP contribution in [-0.2, 0) is 25.1 Å². The summed E-state index contributed by atoms with van der Waals surface area (Å²) in [6, 6.07) is 13.0. The van der Waals surface area contributed by atoms with Crippen LogP contribution >= 0.6 is 0 Å². The average molecular weight is 388 g/mol. The van der Waals surface area contributed by atoms with Crippen LogP contribution < -0.4 is 10.6 Å². The number of hydrogen-bond donors (Lipinski definition) is 2. The van der Waals surface area contributed by atoms with Gasteiger partial charge in [-0.15, -0.1) is 0 Å². The molecule has 0 spiro atoms. The summed E-state index contributed by atoms with van der Waals surface area (Å²) in [6.45, 7) is 2.64. The summed E-state index contributed by atoms with van der Waals surface area (Å²) in [5, 5.41) is 5.19. The minimum atomic E-state index is -1.31. The van der Waals surface area contributed by atoms with Gasteiger partial charge in [-0.2, -0.15) is 0 Å². The van der Waals surface area contributed by atoms with Crippen molar-refractivity contribution in [3.8, 4) is 0 Å². The molecule has 0 heterocycles. The van der Waals surface area contributed by atoms with Gasteiger partial charge in [0.25, 0.3) is 5.91 Å². The van der Waals surface area contributed by atoms with E-state index in [0.717, 1.165) is 0 Å². The fourth-order valence-corrected chi connectivity index (χ4v) is 3.21. The van der Waals surface area contributed by atoms with Crippen molar-refractivity contribution in [1.82, 2.24) is 0 Å². The number of rotatable bonds is 7. The van der Waals surface area contributed by atoms with Gasteiger partial charge in [-0.1, -0.05) is 25.1 Å². The Morgan fingerprint density at radius 3 is 2.33 bits per heavy atom. The second-order valence-corrected chi connectivity index (χ2v) is 7.22. The Balaban J connectivity index is 1.97. The molecule has 2 N–H and O–H groups in total. The van der Waals surface area contributed by atoms with Crippen LogP contribution in [-0.4, -0.2) is 34.4 Å². The zero-order chi connectivity index (χ0) is 19.8. The number of carbonyl (C=O) groups excluding carboxylic acids is 3. The molecule has 142 valence electrons. The zero-order valence-electron chi connectivity index (χ0n) is 15.0. The molecule has 0 aliphatic rings. The lowest BCUT2D eigenvalue weighted by Crippen LogP contribution is -2.21. The molecule has 2 aromatic carbocycles. The number of nitrogens with one attached hydrogen (secondary N) is 2. The van der Waals surface area contributed by atoms with E-state index in [1.54, 1.807) is 49.4 Å². The van der Waals surface area contributed by atoms with E-state index < -0.39 is 29.3 Å². The molecule has 7 nitrogen and oxygen atoms in total. The number of carbonyl (C=O) groups is 3. The number of ether oxygens (including phenoxy) is 1. The largest absolute Gasteiger partial charge is 0.452 e. The first-order valence-electron chi connectivity index (χ1n) is 8.22. The van der Waals surface area contributed by atoms with E-state index in [1.165, 1.54) is 13.0 Å². The highest BCUT2D eigenvalue weighted by molar-refractivity contribution is 7.85. The Morgan fingerprint density at radius 1 is 1.00 bits per heavy atom. The van der Waals surface area contributed by atoms with Crippen molar-refractivity contribution < 1.29 is 23.3 Å². The summed E-state index contributed by atoms with van der Waals surface area (Å²) in [5.41, 5.74) is 1.17. The first-order valence-corrected chi connectivity index (χ1v) is 9.54. The van der Waals surface area contributed by atoms with E-state index in [1.807, 2.05) is 0 Å². The van der Waals surface area contributed by atoms with Crippen LogP contribution in [0.15, 0.2) is 53.4 Å². The van der Waals surface area contributed by atoms with Gasteiger partial charge in [0.15, 0.2) is 6.61 Å². The Kier molecular flexibility index (Phi) is 7.25. The van der Waals surface area contributed by atoms with Crippen LogP contribution in [0.25, 0.3) is 0 Å². The molecule has 0 aromatic heterocycles. The highest BCUT2D eigenvalue weighted by atomic mass is 32.2. The van der Waals surface area contributed by atoms with Crippen LogP contribution in [0.5, 0.6) is 0 Å². The molecule has 0 bridgehead atoms. The SMILES string of the molecule is CC[S@](=O)c1ccccc1C(=O)OCC(=O)Nc1cccc(NC(C)=O)c1. The van der Waals surface area contributed by atoms with E-state index in [-0.39, 0.29) is 11.5 Å². The van der Waals surface area contributed by atoms with Gasteiger partial charge in [-0.05, 0) is 30.3 Å². The number of hydrogen-bond acceptors (Lipinski definition) is 5. The highest BCUT2D eigenvalue weighted by Gasteiger charge is 2.17. The van der Waals surface area contributed by atoms with Crippen molar-refractivity contribution in [1.29, 1.82) is 0 Å². The van der Waals surface area contributed by atoms with Gasteiger partial charge in [-0.3, -0.25) is 13.8 Å². The van der Waals surface area contributed by atoms with E-state index in [0.29, 0.717) is 22.0 Å². The van der Waals surface area contributed by atoms with Gasteiger partial charge >= 0.3 is 5.97 Å². The van der Waals surface area contributed by atoms with Crippen LogP contribution in [0.2, 0.25) is 0 Å². The minimum Gasteiger partial charge on any atom is -0.452 e. The summed E-state index contributed by atoms with van der Waals surface area (Å²) >= 11 is 0. The lowest BCUT2D eigenvalue weighted by Gasteiger charge is -2.10. The molecule has 0 unspecified atom stereocenters. The predicted octanol–water partition coefficient (Wildman–Crippen LogP) is 2.57. The standard InChI is InChI=1S/C19H20N2O5S/c1-3-27(25)17-10-5-4-9-16(17)19(24)26-12-18(23)21-15-8-6-7-14(11-15)20-13(2)22/h4-11H,3,12H2,1-2H3,(H,20,22)(H,21,23)/t27-/m0/s1. The van der Waals surface area contributed by atoms with Crippen LogP contribution in [0.3, 0.4) is 0 Å². The molecular weight excluding hydrogens is 368 g/mol. The van der Waals surface area contributed by atoms with E-state index in [4.69, 9.17) is 4.74 Å². The lowest BCUT2D eigenvalue weighted by atomic mass is 10.2. The Morgan fingerprint density at radius 2 is 1.67 bits per heavy atom. The van der Waals surface area contributed by atoms with Gasteiger partial charge in [0.1, 0.15) is 0 Å². The third-order valence-electron chi connectivity index (χ3n) is 3.42. The van der Waals surface area contributed by atoms with Crippen LogP contribution in [0.1, 0.15) is 24.2 Å². The number of benzene rings is 2. The first kappa shape index (κ1) is 20.3. The molecule has 0 saturated heterocycles. The smallest absolute Gasteiger partial charge is 0.339 e. The van der Waals surface area contributed by atoms with Crippen LogP contribution in [0, 0.1) is 0 Å².